The normalized spacial score (nSPS) is 11.6. The Labute approximate surface area is 119 Å². The summed E-state index contributed by atoms with van der Waals surface area (Å²) in [7, 11) is -3.35. The third-order valence-electron chi connectivity index (χ3n) is 2.52. The number of hydrogen-bond donors (Lipinski definition) is 2. The van der Waals surface area contributed by atoms with Gasteiger partial charge in [0, 0.05) is 18.3 Å². The van der Waals surface area contributed by atoms with E-state index in [0.717, 1.165) is 23.6 Å². The summed E-state index contributed by atoms with van der Waals surface area (Å²) in [4.78, 5) is 4.29. The second kappa shape index (κ2) is 5.85. The highest BCUT2D eigenvalue weighted by Gasteiger charge is 2.23. The first-order chi connectivity index (χ1) is 9.04. The lowest BCUT2D eigenvalue weighted by atomic mass is 10.3. The van der Waals surface area contributed by atoms with Crippen LogP contribution in [0.3, 0.4) is 0 Å². The van der Waals surface area contributed by atoms with Crippen LogP contribution in [-0.4, -0.2) is 30.1 Å². The molecule has 0 aliphatic rings. The summed E-state index contributed by atoms with van der Waals surface area (Å²) in [6.45, 7) is 2.18. The molecule has 0 saturated carbocycles. The van der Waals surface area contributed by atoms with Gasteiger partial charge in [0.25, 0.3) is 0 Å². The van der Waals surface area contributed by atoms with Gasteiger partial charge < -0.3 is 11.1 Å². The molecule has 0 spiro atoms. The first-order valence-corrected chi connectivity index (χ1v) is 9.00. The van der Waals surface area contributed by atoms with Gasteiger partial charge >= 0.3 is 0 Å². The van der Waals surface area contributed by atoms with Gasteiger partial charge in [0.05, 0.1) is 17.0 Å². The topological polar surface area (TPSA) is 98.0 Å². The van der Waals surface area contributed by atoms with E-state index in [2.05, 4.69) is 14.7 Å². The van der Waals surface area contributed by atoms with E-state index in [1.54, 1.807) is 12.4 Å². The molecule has 19 heavy (non-hydrogen) atoms. The fourth-order valence-corrected chi connectivity index (χ4v) is 4.30. The van der Waals surface area contributed by atoms with Gasteiger partial charge in [-0.15, -0.1) is 11.3 Å². The predicted octanol–water partition coefficient (Wildman–Crippen LogP) is 1.63. The fraction of sp³-hybridized carbons (Fsp3) is 0.400. The Kier molecular flexibility index (Phi) is 4.38. The van der Waals surface area contributed by atoms with Crippen LogP contribution in [0.1, 0.15) is 12.6 Å². The minimum atomic E-state index is -3.35. The highest BCUT2D eigenvalue weighted by Crippen LogP contribution is 2.32. The Bertz CT molecular complexity index is 634. The van der Waals surface area contributed by atoms with Gasteiger partial charge in [-0.05, 0) is 11.5 Å². The summed E-state index contributed by atoms with van der Waals surface area (Å²) in [6, 6.07) is 0. The number of sulfone groups is 1. The molecule has 0 saturated heterocycles. The zero-order chi connectivity index (χ0) is 13.9. The van der Waals surface area contributed by atoms with Crippen LogP contribution in [0.5, 0.6) is 0 Å². The van der Waals surface area contributed by atoms with E-state index in [0.29, 0.717) is 11.5 Å². The molecule has 0 aliphatic heterocycles. The molecule has 2 rings (SSSR count). The first-order valence-electron chi connectivity index (χ1n) is 5.63. The maximum Gasteiger partial charge on any atom is 0.184 e. The number of thiazole rings is 1. The molecule has 104 valence electrons. The van der Waals surface area contributed by atoms with Gasteiger partial charge in [0.2, 0.25) is 0 Å². The molecule has 0 amide bonds. The van der Waals surface area contributed by atoms with Crippen LogP contribution in [0.4, 0.5) is 10.8 Å². The summed E-state index contributed by atoms with van der Waals surface area (Å²) in [5.41, 5.74) is 8.39. The van der Waals surface area contributed by atoms with Gasteiger partial charge in [0.1, 0.15) is 9.90 Å². The molecule has 2 aromatic rings. The van der Waals surface area contributed by atoms with E-state index in [-0.39, 0.29) is 16.5 Å². The summed E-state index contributed by atoms with van der Waals surface area (Å²) >= 11 is 2.61. The van der Waals surface area contributed by atoms with Crippen molar-refractivity contribution in [1.29, 1.82) is 0 Å². The van der Waals surface area contributed by atoms with Crippen LogP contribution in [0.15, 0.2) is 15.8 Å². The molecule has 0 fully saturated rings. The summed E-state index contributed by atoms with van der Waals surface area (Å²) in [5.74, 6) is 0.0825. The van der Waals surface area contributed by atoms with Crippen LogP contribution in [-0.2, 0) is 16.3 Å². The highest BCUT2D eigenvalue weighted by molar-refractivity contribution is 7.91. The van der Waals surface area contributed by atoms with Crippen LogP contribution >= 0.6 is 22.9 Å². The summed E-state index contributed by atoms with van der Waals surface area (Å²) in [5, 5.41) is 5.55. The number of rotatable bonds is 6. The quantitative estimate of drug-likeness (QED) is 0.840. The minimum Gasteiger partial charge on any atom is -0.382 e. The number of nitrogen functional groups attached to an aromatic ring is 1. The lowest BCUT2D eigenvalue weighted by Gasteiger charge is -2.06. The first kappa shape index (κ1) is 14.2. The SMILES string of the molecule is CCS(=O)(=O)c1c(N)nsc1NCCc1cscn1. The molecule has 9 heteroatoms. The predicted molar refractivity (Wildman–Crippen MR) is 78.6 cm³/mol. The van der Waals surface area contributed by atoms with E-state index >= 15 is 0 Å². The zero-order valence-corrected chi connectivity index (χ0v) is 12.7. The van der Waals surface area contributed by atoms with Crippen molar-refractivity contribution in [2.45, 2.75) is 18.2 Å². The van der Waals surface area contributed by atoms with Crippen molar-refractivity contribution in [3.05, 3.63) is 16.6 Å². The second-order valence-corrected chi connectivity index (χ2v) is 7.49. The number of nitrogens with one attached hydrogen (secondary N) is 1. The number of nitrogens with two attached hydrogens (primary N) is 1. The highest BCUT2D eigenvalue weighted by atomic mass is 32.2. The smallest absolute Gasteiger partial charge is 0.184 e. The lowest BCUT2D eigenvalue weighted by molar-refractivity contribution is 0.598. The summed E-state index contributed by atoms with van der Waals surface area (Å²) < 4.78 is 27.8. The van der Waals surface area contributed by atoms with E-state index in [1.807, 2.05) is 5.38 Å². The van der Waals surface area contributed by atoms with Gasteiger partial charge in [-0.1, -0.05) is 6.92 Å². The maximum atomic E-state index is 11.9. The van der Waals surface area contributed by atoms with E-state index in [4.69, 9.17) is 5.73 Å². The molecule has 0 atom stereocenters. The van der Waals surface area contributed by atoms with Crippen LogP contribution in [0.2, 0.25) is 0 Å². The van der Waals surface area contributed by atoms with Crippen LogP contribution in [0, 0.1) is 0 Å². The second-order valence-electron chi connectivity index (χ2n) is 3.79. The van der Waals surface area contributed by atoms with Crippen molar-refractivity contribution in [1.82, 2.24) is 9.36 Å². The Morgan fingerprint density at radius 3 is 2.89 bits per heavy atom. The Morgan fingerprint density at radius 1 is 1.47 bits per heavy atom. The van der Waals surface area contributed by atoms with E-state index in [1.165, 1.54) is 11.3 Å². The average molecular weight is 318 g/mol. The lowest BCUT2D eigenvalue weighted by Crippen LogP contribution is -2.11. The monoisotopic (exact) mass is 318 g/mol. The average Bonchev–Trinajstić information content (AvgIpc) is 3.00. The van der Waals surface area contributed by atoms with Gasteiger partial charge in [-0.25, -0.2) is 13.4 Å². The van der Waals surface area contributed by atoms with Crippen molar-refractivity contribution in [2.24, 2.45) is 0 Å². The van der Waals surface area contributed by atoms with Gasteiger partial charge in [-0.2, -0.15) is 4.37 Å². The van der Waals surface area contributed by atoms with Crippen molar-refractivity contribution in [2.75, 3.05) is 23.3 Å². The van der Waals surface area contributed by atoms with E-state index < -0.39 is 9.84 Å². The maximum absolute atomic E-state index is 11.9. The van der Waals surface area contributed by atoms with Crippen molar-refractivity contribution >= 4 is 43.5 Å². The van der Waals surface area contributed by atoms with E-state index in [9.17, 15) is 8.42 Å². The molecule has 6 nitrogen and oxygen atoms in total. The molecule has 0 radical (unpaired) electrons. The Balaban J connectivity index is 2.09. The number of aromatic nitrogens is 2. The molecule has 0 aromatic carbocycles. The number of hydrogen-bond acceptors (Lipinski definition) is 8. The minimum absolute atomic E-state index is 0.0103. The zero-order valence-electron chi connectivity index (χ0n) is 10.3. The van der Waals surface area contributed by atoms with Crippen LogP contribution < -0.4 is 11.1 Å². The number of anilines is 2. The molecule has 0 unspecified atom stereocenters. The molecule has 2 heterocycles. The largest absolute Gasteiger partial charge is 0.382 e. The standard InChI is InChI=1S/C10H14N4O2S3/c1-2-19(15,16)8-9(11)14-18-10(8)12-4-3-7-5-17-6-13-7/h5-6,12H,2-4H2,1H3,(H2,11,14). The van der Waals surface area contributed by atoms with Crippen molar-refractivity contribution < 1.29 is 8.42 Å². The van der Waals surface area contributed by atoms with Gasteiger partial charge in [-0.3, -0.25) is 0 Å². The molecular formula is C10H14N4O2S3. The third kappa shape index (κ3) is 3.23. The van der Waals surface area contributed by atoms with Crippen LogP contribution in [0.25, 0.3) is 0 Å². The molecule has 2 aromatic heterocycles. The Hall–Kier alpha value is -1.19. The molecule has 0 bridgehead atoms. The van der Waals surface area contributed by atoms with Crippen molar-refractivity contribution in [3.8, 4) is 0 Å². The van der Waals surface area contributed by atoms with Gasteiger partial charge in [0.15, 0.2) is 15.7 Å². The Morgan fingerprint density at radius 2 is 2.26 bits per heavy atom. The molecular weight excluding hydrogens is 304 g/mol. The fourth-order valence-electron chi connectivity index (χ4n) is 1.52. The molecule has 3 N–H and O–H groups in total. The summed E-state index contributed by atoms with van der Waals surface area (Å²) in [6.07, 6.45) is 0.729. The third-order valence-corrected chi connectivity index (χ3v) is 5.89. The van der Waals surface area contributed by atoms with Crippen molar-refractivity contribution in [3.63, 3.8) is 0 Å². The molecule has 0 aliphatic carbocycles. The number of nitrogens with zero attached hydrogens (tertiary/aromatic N) is 2.